The second kappa shape index (κ2) is 8.67. The lowest BCUT2D eigenvalue weighted by Gasteiger charge is -2.18. The molecule has 0 saturated carbocycles. The summed E-state index contributed by atoms with van der Waals surface area (Å²) in [7, 11) is 0. The van der Waals surface area contributed by atoms with E-state index in [0.717, 1.165) is 6.07 Å². The SMILES string of the molecule is CC(C)Oc1ccc(N2C[C@H](C(=O)Nc3ccc(Br)cc3C(F)(F)F)CC2=O)cc1. The van der Waals surface area contributed by atoms with Crippen LogP contribution >= 0.6 is 15.9 Å². The molecule has 2 aromatic carbocycles. The first-order valence-corrected chi connectivity index (χ1v) is 10.1. The van der Waals surface area contributed by atoms with Crippen molar-refractivity contribution in [3.8, 4) is 5.75 Å². The summed E-state index contributed by atoms with van der Waals surface area (Å²) in [5.41, 5.74) is -0.685. The second-order valence-corrected chi connectivity index (χ2v) is 8.16. The molecule has 1 saturated heterocycles. The van der Waals surface area contributed by atoms with Crippen molar-refractivity contribution in [3.63, 3.8) is 0 Å². The van der Waals surface area contributed by atoms with E-state index in [1.54, 1.807) is 24.3 Å². The molecule has 1 atom stereocenters. The summed E-state index contributed by atoms with van der Waals surface area (Å²) in [5.74, 6) is -0.989. The number of ether oxygens (including phenoxy) is 1. The van der Waals surface area contributed by atoms with Gasteiger partial charge in [-0.25, -0.2) is 0 Å². The van der Waals surface area contributed by atoms with Gasteiger partial charge in [-0.1, -0.05) is 15.9 Å². The van der Waals surface area contributed by atoms with Crippen LogP contribution in [-0.2, 0) is 15.8 Å². The molecule has 1 N–H and O–H groups in total. The molecular weight excluding hydrogens is 465 g/mol. The van der Waals surface area contributed by atoms with Gasteiger partial charge in [-0.2, -0.15) is 13.2 Å². The van der Waals surface area contributed by atoms with E-state index in [2.05, 4.69) is 21.2 Å². The van der Waals surface area contributed by atoms with Gasteiger partial charge in [0.25, 0.3) is 0 Å². The first-order chi connectivity index (χ1) is 14.0. The molecule has 0 spiro atoms. The monoisotopic (exact) mass is 484 g/mol. The lowest BCUT2D eigenvalue weighted by molar-refractivity contribution is -0.137. The maximum atomic E-state index is 13.3. The molecule has 160 valence electrons. The normalized spacial score (nSPS) is 16.8. The van der Waals surface area contributed by atoms with Crippen LogP contribution in [0.2, 0.25) is 0 Å². The molecule has 2 amide bonds. The number of rotatable bonds is 5. The number of carbonyl (C=O) groups excluding carboxylic acids is 2. The minimum atomic E-state index is -4.62. The van der Waals surface area contributed by atoms with E-state index in [4.69, 9.17) is 4.74 Å². The highest BCUT2D eigenvalue weighted by Crippen LogP contribution is 2.37. The maximum Gasteiger partial charge on any atom is 0.418 e. The number of hydrogen-bond donors (Lipinski definition) is 1. The van der Waals surface area contributed by atoms with E-state index in [0.29, 0.717) is 11.4 Å². The molecule has 30 heavy (non-hydrogen) atoms. The van der Waals surface area contributed by atoms with Gasteiger partial charge in [0.1, 0.15) is 5.75 Å². The minimum absolute atomic E-state index is 0.0116. The number of alkyl halides is 3. The largest absolute Gasteiger partial charge is 0.491 e. The summed E-state index contributed by atoms with van der Waals surface area (Å²) < 4.78 is 45.6. The van der Waals surface area contributed by atoms with Gasteiger partial charge in [0, 0.05) is 23.1 Å². The van der Waals surface area contributed by atoms with Gasteiger partial charge in [-0.05, 0) is 56.3 Å². The van der Waals surface area contributed by atoms with Gasteiger partial charge in [-0.3, -0.25) is 9.59 Å². The first kappa shape index (κ1) is 22.1. The van der Waals surface area contributed by atoms with Crippen LogP contribution in [-0.4, -0.2) is 24.5 Å². The standard InChI is InChI=1S/C21H20BrF3N2O3/c1-12(2)30-16-6-4-15(5-7-16)27-11-13(9-19(27)28)20(29)26-18-8-3-14(22)10-17(18)21(23,24)25/h3-8,10,12-13H,9,11H2,1-2H3,(H,26,29)/t13-/m1/s1. The molecule has 1 aliphatic rings. The van der Waals surface area contributed by atoms with Crippen LogP contribution in [0.25, 0.3) is 0 Å². The zero-order valence-electron chi connectivity index (χ0n) is 16.3. The van der Waals surface area contributed by atoms with Crippen molar-refractivity contribution in [1.29, 1.82) is 0 Å². The van der Waals surface area contributed by atoms with Gasteiger partial charge in [0.05, 0.1) is 23.3 Å². The topological polar surface area (TPSA) is 58.6 Å². The number of carbonyl (C=O) groups is 2. The predicted molar refractivity (Wildman–Crippen MR) is 110 cm³/mol. The van der Waals surface area contributed by atoms with Crippen LogP contribution in [0.4, 0.5) is 24.5 Å². The van der Waals surface area contributed by atoms with Crippen molar-refractivity contribution < 1.29 is 27.5 Å². The van der Waals surface area contributed by atoms with Crippen LogP contribution in [0, 0.1) is 5.92 Å². The summed E-state index contributed by atoms with van der Waals surface area (Å²) in [6, 6.07) is 10.4. The Bertz CT molecular complexity index is 946. The van der Waals surface area contributed by atoms with E-state index < -0.39 is 23.6 Å². The molecular formula is C21H20BrF3N2O3. The van der Waals surface area contributed by atoms with Crippen LogP contribution in [0.3, 0.4) is 0 Å². The van der Waals surface area contributed by atoms with Gasteiger partial charge < -0.3 is 15.0 Å². The van der Waals surface area contributed by atoms with Crippen LogP contribution in [0.15, 0.2) is 46.9 Å². The molecule has 0 radical (unpaired) electrons. The highest BCUT2D eigenvalue weighted by molar-refractivity contribution is 9.10. The Morgan fingerprint density at radius 3 is 2.47 bits per heavy atom. The quantitative estimate of drug-likeness (QED) is 0.630. The fraction of sp³-hybridized carbons (Fsp3) is 0.333. The Kier molecular flexibility index (Phi) is 6.40. The summed E-state index contributed by atoms with van der Waals surface area (Å²) in [4.78, 5) is 26.4. The van der Waals surface area contributed by atoms with Crippen molar-refractivity contribution in [1.82, 2.24) is 0 Å². The lowest BCUT2D eigenvalue weighted by Crippen LogP contribution is -2.28. The molecule has 3 rings (SSSR count). The average Bonchev–Trinajstić information content (AvgIpc) is 3.04. The summed E-state index contributed by atoms with van der Waals surface area (Å²) in [6.45, 7) is 3.89. The molecule has 0 aromatic heterocycles. The molecule has 1 aliphatic heterocycles. The van der Waals surface area contributed by atoms with Crippen molar-refractivity contribution in [3.05, 3.63) is 52.5 Å². The molecule has 0 bridgehead atoms. The van der Waals surface area contributed by atoms with Crippen LogP contribution in [0.5, 0.6) is 5.75 Å². The Morgan fingerprint density at radius 2 is 1.87 bits per heavy atom. The Labute approximate surface area is 180 Å². The highest BCUT2D eigenvalue weighted by atomic mass is 79.9. The summed E-state index contributed by atoms with van der Waals surface area (Å²) in [5, 5.41) is 2.33. The lowest BCUT2D eigenvalue weighted by atomic mass is 10.1. The minimum Gasteiger partial charge on any atom is -0.491 e. The maximum absolute atomic E-state index is 13.3. The molecule has 2 aromatic rings. The predicted octanol–water partition coefficient (Wildman–Crippen LogP) is 5.25. The number of hydrogen-bond acceptors (Lipinski definition) is 3. The van der Waals surface area contributed by atoms with Crippen LogP contribution < -0.4 is 15.0 Å². The Hall–Kier alpha value is -2.55. The van der Waals surface area contributed by atoms with Gasteiger partial charge in [-0.15, -0.1) is 0 Å². The molecule has 0 unspecified atom stereocenters. The van der Waals surface area contributed by atoms with E-state index in [1.165, 1.54) is 17.0 Å². The van der Waals surface area contributed by atoms with Gasteiger partial charge in [0.2, 0.25) is 11.8 Å². The fourth-order valence-corrected chi connectivity index (χ4v) is 3.57. The molecule has 1 heterocycles. The molecule has 0 aliphatic carbocycles. The molecule has 9 heteroatoms. The number of amides is 2. The van der Waals surface area contributed by atoms with E-state index in [-0.39, 0.29) is 35.1 Å². The van der Waals surface area contributed by atoms with Crippen molar-refractivity contribution in [2.24, 2.45) is 5.92 Å². The van der Waals surface area contributed by atoms with Gasteiger partial charge in [0.15, 0.2) is 0 Å². The van der Waals surface area contributed by atoms with Gasteiger partial charge >= 0.3 is 6.18 Å². The number of nitrogens with zero attached hydrogens (tertiary/aromatic N) is 1. The third-order valence-corrected chi connectivity index (χ3v) is 5.05. The van der Waals surface area contributed by atoms with E-state index >= 15 is 0 Å². The summed E-state index contributed by atoms with van der Waals surface area (Å²) in [6.07, 6.45) is -4.69. The second-order valence-electron chi connectivity index (χ2n) is 7.24. The smallest absolute Gasteiger partial charge is 0.418 e. The van der Waals surface area contributed by atoms with Crippen LogP contribution in [0.1, 0.15) is 25.8 Å². The van der Waals surface area contributed by atoms with E-state index in [9.17, 15) is 22.8 Å². The number of benzene rings is 2. The third-order valence-electron chi connectivity index (χ3n) is 4.56. The van der Waals surface area contributed by atoms with Crippen molar-refractivity contribution in [2.75, 3.05) is 16.8 Å². The third kappa shape index (κ3) is 5.13. The number of halogens is 4. The zero-order chi connectivity index (χ0) is 22.1. The summed E-state index contributed by atoms with van der Waals surface area (Å²) >= 11 is 3.01. The number of nitrogens with one attached hydrogen (secondary N) is 1. The first-order valence-electron chi connectivity index (χ1n) is 9.29. The fourth-order valence-electron chi connectivity index (χ4n) is 3.20. The Morgan fingerprint density at radius 1 is 1.20 bits per heavy atom. The van der Waals surface area contributed by atoms with E-state index in [1.807, 2.05) is 13.8 Å². The highest BCUT2D eigenvalue weighted by Gasteiger charge is 2.38. The van der Waals surface area contributed by atoms with Crippen molar-refractivity contribution >= 4 is 39.1 Å². The van der Waals surface area contributed by atoms with Crippen molar-refractivity contribution in [2.45, 2.75) is 32.5 Å². The average molecular weight is 485 g/mol. The molecule has 5 nitrogen and oxygen atoms in total. The Balaban J connectivity index is 1.72. The zero-order valence-corrected chi connectivity index (χ0v) is 17.9. The molecule has 1 fully saturated rings. The number of anilines is 2.